The van der Waals surface area contributed by atoms with Crippen molar-refractivity contribution in [3.8, 4) is 5.75 Å². The molecule has 2 rings (SSSR count). The van der Waals surface area contributed by atoms with Gasteiger partial charge in [0.05, 0.1) is 13.0 Å². The molecule has 1 aromatic carbocycles. The van der Waals surface area contributed by atoms with Gasteiger partial charge in [0.15, 0.2) is 5.78 Å². The van der Waals surface area contributed by atoms with E-state index < -0.39 is 0 Å². The van der Waals surface area contributed by atoms with Crippen LogP contribution in [0.15, 0.2) is 41.8 Å². The third-order valence-corrected chi connectivity index (χ3v) is 4.16. The van der Waals surface area contributed by atoms with E-state index in [9.17, 15) is 9.59 Å². The van der Waals surface area contributed by atoms with Gasteiger partial charge in [-0.3, -0.25) is 9.59 Å². The molecule has 0 N–H and O–H groups in total. The Kier molecular flexibility index (Phi) is 4.69. The number of ether oxygens (including phenoxy) is 1. The smallest absolute Gasteiger partial charge is 0.163 e. The van der Waals surface area contributed by atoms with Crippen molar-refractivity contribution in [3.05, 3.63) is 52.2 Å². The molecule has 0 saturated carbocycles. The Bertz CT molecular complexity index is 585. The minimum absolute atomic E-state index is 0.0225. The van der Waals surface area contributed by atoms with E-state index >= 15 is 0 Å². The van der Waals surface area contributed by atoms with Crippen LogP contribution < -0.4 is 4.74 Å². The second-order valence-corrected chi connectivity index (χ2v) is 5.51. The highest BCUT2D eigenvalue weighted by Gasteiger charge is 2.22. The third-order valence-electron chi connectivity index (χ3n) is 3.18. The SMILES string of the molecule is COc1ccc(C(=O)CC(C(C)=O)c2cccs2)cc1. The van der Waals surface area contributed by atoms with Crippen LogP contribution in [0.4, 0.5) is 0 Å². The Morgan fingerprint density at radius 1 is 1.20 bits per heavy atom. The van der Waals surface area contributed by atoms with Crippen molar-refractivity contribution in [2.45, 2.75) is 19.3 Å². The summed E-state index contributed by atoms with van der Waals surface area (Å²) < 4.78 is 5.06. The Morgan fingerprint density at radius 3 is 2.40 bits per heavy atom. The van der Waals surface area contributed by atoms with E-state index in [4.69, 9.17) is 4.74 Å². The van der Waals surface area contributed by atoms with Gasteiger partial charge in [-0.2, -0.15) is 0 Å². The van der Waals surface area contributed by atoms with Crippen LogP contribution in [0.5, 0.6) is 5.75 Å². The van der Waals surface area contributed by atoms with Gasteiger partial charge in [-0.05, 0) is 42.6 Å². The summed E-state index contributed by atoms with van der Waals surface area (Å²) in [4.78, 5) is 25.0. The van der Waals surface area contributed by atoms with Gasteiger partial charge in [-0.1, -0.05) is 6.07 Å². The van der Waals surface area contributed by atoms with Crippen molar-refractivity contribution in [3.63, 3.8) is 0 Å². The van der Waals surface area contributed by atoms with Crippen LogP contribution >= 0.6 is 11.3 Å². The molecule has 0 bridgehead atoms. The zero-order valence-corrected chi connectivity index (χ0v) is 12.3. The number of ketones is 2. The van der Waals surface area contributed by atoms with Crippen LogP contribution in [-0.4, -0.2) is 18.7 Å². The number of carbonyl (C=O) groups is 2. The quantitative estimate of drug-likeness (QED) is 0.761. The molecule has 4 heteroatoms. The van der Waals surface area contributed by atoms with E-state index in [1.807, 2.05) is 17.5 Å². The third kappa shape index (κ3) is 3.33. The van der Waals surface area contributed by atoms with Gasteiger partial charge in [-0.25, -0.2) is 0 Å². The van der Waals surface area contributed by atoms with Crippen molar-refractivity contribution in [2.24, 2.45) is 0 Å². The number of benzene rings is 1. The first-order valence-electron chi connectivity index (χ1n) is 6.33. The summed E-state index contributed by atoms with van der Waals surface area (Å²) in [5.74, 6) is 0.364. The largest absolute Gasteiger partial charge is 0.497 e. The lowest BCUT2D eigenvalue weighted by atomic mass is 9.94. The van der Waals surface area contributed by atoms with Gasteiger partial charge >= 0.3 is 0 Å². The molecular weight excluding hydrogens is 272 g/mol. The number of rotatable bonds is 6. The Morgan fingerprint density at radius 2 is 1.90 bits per heavy atom. The molecule has 2 aromatic rings. The lowest BCUT2D eigenvalue weighted by molar-refractivity contribution is -0.118. The lowest BCUT2D eigenvalue weighted by Gasteiger charge is -2.11. The zero-order valence-electron chi connectivity index (χ0n) is 11.5. The minimum Gasteiger partial charge on any atom is -0.497 e. The molecule has 1 heterocycles. The maximum atomic E-state index is 12.3. The topological polar surface area (TPSA) is 43.4 Å². The van der Waals surface area contributed by atoms with Crippen LogP contribution in [0, 0.1) is 0 Å². The van der Waals surface area contributed by atoms with Gasteiger partial charge < -0.3 is 4.74 Å². The fraction of sp³-hybridized carbons (Fsp3) is 0.250. The highest BCUT2D eigenvalue weighted by atomic mass is 32.1. The summed E-state index contributed by atoms with van der Waals surface area (Å²) >= 11 is 1.51. The molecule has 3 nitrogen and oxygen atoms in total. The van der Waals surface area contributed by atoms with Crippen molar-refractivity contribution in [2.75, 3.05) is 7.11 Å². The summed E-state index contributed by atoms with van der Waals surface area (Å²) in [5, 5.41) is 1.92. The first-order valence-corrected chi connectivity index (χ1v) is 7.21. The monoisotopic (exact) mass is 288 g/mol. The first kappa shape index (κ1) is 14.5. The maximum Gasteiger partial charge on any atom is 0.163 e. The summed E-state index contributed by atoms with van der Waals surface area (Å²) in [5.41, 5.74) is 0.605. The van der Waals surface area contributed by atoms with Crippen LogP contribution in [-0.2, 0) is 4.79 Å². The minimum atomic E-state index is -0.343. The first-order chi connectivity index (χ1) is 9.61. The van der Waals surface area contributed by atoms with E-state index in [1.165, 1.54) is 18.3 Å². The van der Waals surface area contributed by atoms with E-state index in [2.05, 4.69) is 0 Å². The fourth-order valence-corrected chi connectivity index (χ4v) is 2.90. The fourth-order valence-electron chi connectivity index (χ4n) is 2.01. The van der Waals surface area contributed by atoms with Gasteiger partial charge in [0, 0.05) is 16.9 Å². The number of carbonyl (C=O) groups excluding carboxylic acids is 2. The standard InChI is InChI=1S/C16H16O3S/c1-11(17)14(16-4-3-9-20-16)10-15(18)12-5-7-13(19-2)8-6-12/h3-9,14H,10H2,1-2H3. The summed E-state index contributed by atoms with van der Waals surface area (Å²) in [6.07, 6.45) is 0.210. The average Bonchev–Trinajstić information content (AvgIpc) is 2.98. The Hall–Kier alpha value is -1.94. The van der Waals surface area contributed by atoms with E-state index in [-0.39, 0.29) is 23.9 Å². The summed E-state index contributed by atoms with van der Waals surface area (Å²) in [6.45, 7) is 1.53. The molecule has 0 spiro atoms. The summed E-state index contributed by atoms with van der Waals surface area (Å²) in [6, 6.07) is 10.8. The van der Waals surface area contributed by atoms with Gasteiger partial charge in [0.25, 0.3) is 0 Å². The van der Waals surface area contributed by atoms with Crippen molar-refractivity contribution >= 4 is 22.9 Å². The molecule has 0 saturated heterocycles. The zero-order chi connectivity index (χ0) is 14.5. The molecule has 0 radical (unpaired) electrons. The molecule has 0 fully saturated rings. The van der Waals surface area contributed by atoms with Crippen LogP contribution in [0.3, 0.4) is 0 Å². The van der Waals surface area contributed by atoms with E-state index in [0.29, 0.717) is 11.3 Å². The van der Waals surface area contributed by atoms with Crippen LogP contribution in [0.25, 0.3) is 0 Å². The second kappa shape index (κ2) is 6.48. The number of thiophene rings is 1. The number of Topliss-reactive ketones (excluding diaryl/α,β-unsaturated/α-hetero) is 2. The Labute approximate surface area is 122 Å². The molecule has 1 aromatic heterocycles. The molecule has 1 unspecified atom stereocenters. The highest BCUT2D eigenvalue weighted by Crippen LogP contribution is 2.27. The van der Waals surface area contributed by atoms with Crippen molar-refractivity contribution in [1.29, 1.82) is 0 Å². The molecular formula is C16H16O3S. The number of hydrogen-bond acceptors (Lipinski definition) is 4. The molecule has 0 aliphatic heterocycles. The highest BCUT2D eigenvalue weighted by molar-refractivity contribution is 7.10. The molecule has 0 aliphatic carbocycles. The molecule has 0 aliphatic rings. The van der Waals surface area contributed by atoms with E-state index in [0.717, 1.165) is 4.88 Å². The Balaban J connectivity index is 2.14. The molecule has 1 atom stereocenters. The van der Waals surface area contributed by atoms with E-state index in [1.54, 1.807) is 31.4 Å². The predicted molar refractivity (Wildman–Crippen MR) is 79.7 cm³/mol. The lowest BCUT2D eigenvalue weighted by Crippen LogP contribution is -2.13. The van der Waals surface area contributed by atoms with Gasteiger partial charge in [0.2, 0.25) is 0 Å². The predicted octanol–water partition coefficient (Wildman–Crippen LogP) is 3.70. The van der Waals surface area contributed by atoms with Gasteiger partial charge in [0.1, 0.15) is 11.5 Å². The molecule has 20 heavy (non-hydrogen) atoms. The van der Waals surface area contributed by atoms with Gasteiger partial charge in [-0.15, -0.1) is 11.3 Å². The van der Waals surface area contributed by atoms with Crippen molar-refractivity contribution in [1.82, 2.24) is 0 Å². The molecule has 0 amide bonds. The average molecular weight is 288 g/mol. The van der Waals surface area contributed by atoms with Crippen molar-refractivity contribution < 1.29 is 14.3 Å². The maximum absolute atomic E-state index is 12.3. The number of hydrogen-bond donors (Lipinski definition) is 0. The second-order valence-electron chi connectivity index (χ2n) is 4.53. The van der Waals surface area contributed by atoms with Crippen LogP contribution in [0.1, 0.15) is 34.5 Å². The summed E-state index contributed by atoms with van der Waals surface area (Å²) in [7, 11) is 1.58. The molecule has 104 valence electrons. The normalized spacial score (nSPS) is 11.9. The number of methoxy groups -OCH3 is 1. The van der Waals surface area contributed by atoms with Crippen LogP contribution in [0.2, 0.25) is 0 Å².